The van der Waals surface area contributed by atoms with Gasteiger partial charge < -0.3 is 9.47 Å². The summed E-state index contributed by atoms with van der Waals surface area (Å²) in [6, 6.07) is 5.67. The molecule has 1 heterocycles. The van der Waals surface area contributed by atoms with Gasteiger partial charge in [-0.15, -0.1) is 0 Å². The molecule has 1 aliphatic rings. The Balaban J connectivity index is 1.77. The molecule has 4 nitrogen and oxygen atoms in total. The molecule has 0 fully saturated rings. The monoisotopic (exact) mass is 304 g/mol. The maximum Gasteiger partial charge on any atom is 0.411 e. The molecule has 21 heavy (non-hydrogen) atoms. The highest BCUT2D eigenvalue weighted by Crippen LogP contribution is 2.26. The number of fused-ring (bicyclic) bond motifs is 1. The minimum Gasteiger partial charge on any atom is -0.493 e. The first-order valence-corrected chi connectivity index (χ1v) is 6.83. The predicted molar refractivity (Wildman–Crippen MR) is 71.9 cm³/mol. The molecule has 1 unspecified atom stereocenters. The molecule has 2 rings (SSSR count). The Morgan fingerprint density at radius 3 is 2.90 bits per heavy atom. The van der Waals surface area contributed by atoms with E-state index in [2.05, 4.69) is 16.2 Å². The third-order valence-electron chi connectivity index (χ3n) is 3.36. The van der Waals surface area contributed by atoms with Crippen molar-refractivity contribution >= 4 is 0 Å². The molecule has 0 spiro atoms. The van der Waals surface area contributed by atoms with E-state index in [4.69, 9.17) is 10.6 Å². The Hall–Kier alpha value is -1.31. The Bertz CT molecular complexity index is 466. The third-order valence-corrected chi connectivity index (χ3v) is 3.36. The lowest BCUT2D eigenvalue weighted by Gasteiger charge is -2.17. The minimum absolute atomic E-state index is 0.0654. The molecule has 1 aliphatic heterocycles. The van der Waals surface area contributed by atoms with Gasteiger partial charge in [0.1, 0.15) is 12.4 Å². The van der Waals surface area contributed by atoms with Gasteiger partial charge in [0, 0.05) is 12.5 Å². The fourth-order valence-electron chi connectivity index (χ4n) is 2.27. The maximum absolute atomic E-state index is 12.0. The summed E-state index contributed by atoms with van der Waals surface area (Å²) in [7, 11) is 0. The minimum atomic E-state index is -4.31. The van der Waals surface area contributed by atoms with Gasteiger partial charge in [-0.2, -0.15) is 13.2 Å². The number of hydrogen-bond donors (Lipinski definition) is 2. The SMILES string of the molecule is NNC(CCc1ccc2c(c1)CCO2)COCC(F)(F)F. The van der Waals surface area contributed by atoms with E-state index in [-0.39, 0.29) is 12.6 Å². The van der Waals surface area contributed by atoms with Crippen molar-refractivity contribution in [2.24, 2.45) is 5.84 Å². The standard InChI is InChI=1S/C14H19F3N2O2/c15-14(16,17)9-20-8-12(19-18)3-1-10-2-4-13-11(7-10)5-6-21-13/h2,4,7,12,19H,1,3,5-6,8-9,18H2. The summed E-state index contributed by atoms with van der Waals surface area (Å²) in [4.78, 5) is 0. The molecule has 1 aromatic carbocycles. The molecule has 0 amide bonds. The quantitative estimate of drug-likeness (QED) is 0.597. The summed E-state index contributed by atoms with van der Waals surface area (Å²) in [5.41, 5.74) is 4.79. The molecule has 1 aromatic rings. The molecule has 1 atom stereocenters. The molecule has 0 radical (unpaired) electrons. The second-order valence-electron chi connectivity index (χ2n) is 5.07. The summed E-state index contributed by atoms with van der Waals surface area (Å²) in [6.07, 6.45) is -2.08. The average Bonchev–Trinajstić information content (AvgIpc) is 2.88. The van der Waals surface area contributed by atoms with Crippen LogP contribution in [0.15, 0.2) is 18.2 Å². The number of rotatable bonds is 7. The highest BCUT2D eigenvalue weighted by Gasteiger charge is 2.27. The highest BCUT2D eigenvalue weighted by molar-refractivity contribution is 5.39. The summed E-state index contributed by atoms with van der Waals surface area (Å²) in [5.74, 6) is 6.26. The first kappa shape index (κ1) is 16.1. The molecule has 0 aliphatic carbocycles. The maximum atomic E-state index is 12.0. The van der Waals surface area contributed by atoms with Gasteiger partial charge >= 0.3 is 6.18 Å². The number of alkyl halides is 3. The summed E-state index contributed by atoms with van der Waals surface area (Å²) in [6.45, 7) is -0.609. The van der Waals surface area contributed by atoms with E-state index >= 15 is 0 Å². The number of aryl methyl sites for hydroxylation is 1. The van der Waals surface area contributed by atoms with Crippen LogP contribution in [-0.2, 0) is 17.6 Å². The molecule has 118 valence electrons. The lowest BCUT2D eigenvalue weighted by molar-refractivity contribution is -0.175. The van der Waals surface area contributed by atoms with E-state index in [0.717, 1.165) is 24.2 Å². The van der Waals surface area contributed by atoms with Gasteiger partial charge in [-0.25, -0.2) is 0 Å². The van der Waals surface area contributed by atoms with E-state index in [1.165, 1.54) is 5.56 Å². The molecule has 0 aromatic heterocycles. The van der Waals surface area contributed by atoms with Crippen molar-refractivity contribution in [3.05, 3.63) is 29.3 Å². The van der Waals surface area contributed by atoms with Crippen molar-refractivity contribution in [2.45, 2.75) is 31.5 Å². The molecular weight excluding hydrogens is 285 g/mol. The molecule has 0 saturated carbocycles. The molecule has 3 N–H and O–H groups in total. The van der Waals surface area contributed by atoms with Crippen LogP contribution in [0.3, 0.4) is 0 Å². The van der Waals surface area contributed by atoms with Gasteiger partial charge in [-0.3, -0.25) is 11.3 Å². The predicted octanol–water partition coefficient (Wildman–Crippen LogP) is 1.96. The summed E-state index contributed by atoms with van der Waals surface area (Å²) >= 11 is 0. The van der Waals surface area contributed by atoms with Crippen LogP contribution in [-0.4, -0.2) is 32.0 Å². The van der Waals surface area contributed by atoms with Crippen molar-refractivity contribution in [3.63, 3.8) is 0 Å². The van der Waals surface area contributed by atoms with Crippen molar-refractivity contribution < 1.29 is 22.6 Å². The van der Waals surface area contributed by atoms with E-state index in [1.54, 1.807) is 0 Å². The largest absolute Gasteiger partial charge is 0.493 e. The van der Waals surface area contributed by atoms with Crippen molar-refractivity contribution in [1.29, 1.82) is 0 Å². The van der Waals surface area contributed by atoms with Crippen LogP contribution in [0, 0.1) is 0 Å². The molecular formula is C14H19F3N2O2. The number of nitrogens with one attached hydrogen (secondary N) is 1. The number of hydrogen-bond acceptors (Lipinski definition) is 4. The van der Waals surface area contributed by atoms with Crippen LogP contribution < -0.4 is 16.0 Å². The molecule has 0 bridgehead atoms. The number of nitrogens with two attached hydrogens (primary N) is 1. The Kier molecular flexibility index (Phi) is 5.44. The van der Waals surface area contributed by atoms with E-state index in [1.807, 2.05) is 12.1 Å². The third kappa shape index (κ3) is 5.18. The van der Waals surface area contributed by atoms with Gasteiger partial charge in [0.25, 0.3) is 0 Å². The van der Waals surface area contributed by atoms with Crippen molar-refractivity contribution in [1.82, 2.24) is 5.43 Å². The zero-order valence-electron chi connectivity index (χ0n) is 11.6. The number of ether oxygens (including phenoxy) is 2. The molecule has 0 saturated heterocycles. The Morgan fingerprint density at radius 2 is 2.19 bits per heavy atom. The van der Waals surface area contributed by atoms with Gasteiger partial charge in [-0.1, -0.05) is 12.1 Å². The van der Waals surface area contributed by atoms with Crippen LogP contribution >= 0.6 is 0 Å². The van der Waals surface area contributed by atoms with E-state index in [9.17, 15) is 13.2 Å². The zero-order valence-corrected chi connectivity index (χ0v) is 11.6. The first-order chi connectivity index (χ1) is 9.98. The van der Waals surface area contributed by atoms with Gasteiger partial charge in [-0.05, 0) is 30.0 Å². The second kappa shape index (κ2) is 7.11. The fourth-order valence-corrected chi connectivity index (χ4v) is 2.27. The van der Waals surface area contributed by atoms with Gasteiger partial charge in [0.15, 0.2) is 0 Å². The van der Waals surface area contributed by atoms with E-state index in [0.29, 0.717) is 13.0 Å². The number of benzene rings is 1. The summed E-state index contributed by atoms with van der Waals surface area (Å²) < 4.78 is 46.1. The highest BCUT2D eigenvalue weighted by atomic mass is 19.4. The van der Waals surface area contributed by atoms with Crippen LogP contribution in [0.4, 0.5) is 13.2 Å². The normalized spacial score (nSPS) is 15.6. The Morgan fingerprint density at radius 1 is 1.38 bits per heavy atom. The molecule has 7 heteroatoms. The van der Waals surface area contributed by atoms with Crippen LogP contribution in [0.25, 0.3) is 0 Å². The van der Waals surface area contributed by atoms with Crippen LogP contribution in [0.5, 0.6) is 5.75 Å². The fraction of sp³-hybridized carbons (Fsp3) is 0.571. The zero-order chi connectivity index (χ0) is 15.3. The average molecular weight is 304 g/mol. The number of halogens is 3. The lowest BCUT2D eigenvalue weighted by atomic mass is 10.0. The van der Waals surface area contributed by atoms with E-state index < -0.39 is 12.8 Å². The topological polar surface area (TPSA) is 56.5 Å². The first-order valence-electron chi connectivity index (χ1n) is 6.83. The smallest absolute Gasteiger partial charge is 0.411 e. The van der Waals surface area contributed by atoms with Gasteiger partial charge in [0.2, 0.25) is 0 Å². The lowest BCUT2D eigenvalue weighted by Crippen LogP contribution is -2.39. The van der Waals surface area contributed by atoms with Crippen molar-refractivity contribution in [2.75, 3.05) is 19.8 Å². The van der Waals surface area contributed by atoms with Crippen LogP contribution in [0.2, 0.25) is 0 Å². The van der Waals surface area contributed by atoms with Crippen LogP contribution in [0.1, 0.15) is 17.5 Å². The summed E-state index contributed by atoms with van der Waals surface area (Å²) in [5, 5.41) is 0. The Labute approximate surface area is 121 Å². The number of hydrazine groups is 1. The van der Waals surface area contributed by atoms with Gasteiger partial charge in [0.05, 0.1) is 13.2 Å². The second-order valence-corrected chi connectivity index (χ2v) is 5.07. The van der Waals surface area contributed by atoms with Crippen molar-refractivity contribution in [3.8, 4) is 5.75 Å².